The number of hydrogen-bond donors (Lipinski definition) is 1. The molecule has 2 nitrogen and oxygen atoms in total. The largest absolute Gasteiger partial charge is 0.316 e. The van der Waals surface area contributed by atoms with Crippen LogP contribution in [0.5, 0.6) is 0 Å². The summed E-state index contributed by atoms with van der Waals surface area (Å²) in [6.45, 7) is 3.58. The highest BCUT2D eigenvalue weighted by Gasteiger charge is 2.17. The lowest BCUT2D eigenvalue weighted by Gasteiger charge is -1.98. The number of carbonyl (C=O) groups is 1. The molecular weight excluding hydrogens is 102 g/mol. The summed E-state index contributed by atoms with van der Waals surface area (Å²) < 4.78 is 0. The van der Waals surface area contributed by atoms with Crippen molar-refractivity contribution in [2.75, 3.05) is 13.1 Å². The molecule has 2 heteroatoms. The van der Waals surface area contributed by atoms with Crippen molar-refractivity contribution in [2.45, 2.75) is 13.3 Å². The first-order valence-corrected chi connectivity index (χ1v) is 3.02. The van der Waals surface area contributed by atoms with E-state index in [1.165, 1.54) is 0 Å². The van der Waals surface area contributed by atoms with E-state index >= 15 is 0 Å². The summed E-state index contributed by atoms with van der Waals surface area (Å²) in [5, 5.41) is 3.13. The number of rotatable bonds is 1. The Morgan fingerprint density at radius 1 is 1.75 bits per heavy atom. The van der Waals surface area contributed by atoms with Crippen LogP contribution in [0, 0.1) is 5.92 Å². The van der Waals surface area contributed by atoms with Gasteiger partial charge in [0.25, 0.3) is 0 Å². The molecule has 0 aromatic carbocycles. The van der Waals surface area contributed by atoms with E-state index in [-0.39, 0.29) is 0 Å². The molecule has 1 fully saturated rings. The van der Waals surface area contributed by atoms with E-state index in [0.29, 0.717) is 11.7 Å². The van der Waals surface area contributed by atoms with Crippen molar-refractivity contribution in [2.24, 2.45) is 5.92 Å². The topological polar surface area (TPSA) is 29.1 Å². The van der Waals surface area contributed by atoms with Crippen LogP contribution in [0.15, 0.2) is 0 Å². The summed E-state index contributed by atoms with van der Waals surface area (Å²) >= 11 is 0. The molecule has 1 rings (SSSR count). The minimum atomic E-state index is 0.315. The lowest BCUT2D eigenvalue weighted by atomic mass is 10.1. The Bertz CT molecular complexity index is 94.7. The number of ketones is 1. The Labute approximate surface area is 49.3 Å². The molecular formula is C6H11NO. The third kappa shape index (κ3) is 1.07. The standard InChI is InChI=1S/C6H11NO/c1-5(8)6-2-3-7-4-6/h6-7H,2-4H2,1H3/t6-/m1/s1. The molecule has 0 radical (unpaired) electrons. The van der Waals surface area contributed by atoms with Crippen LogP contribution in [0.25, 0.3) is 0 Å². The number of nitrogens with one attached hydrogen (secondary N) is 1. The maximum atomic E-state index is 10.6. The van der Waals surface area contributed by atoms with E-state index in [1.54, 1.807) is 6.92 Å². The van der Waals surface area contributed by atoms with Crippen LogP contribution in [0.4, 0.5) is 0 Å². The van der Waals surface area contributed by atoms with Crippen LogP contribution in [0.1, 0.15) is 13.3 Å². The van der Waals surface area contributed by atoms with Gasteiger partial charge in [0, 0.05) is 12.5 Å². The van der Waals surface area contributed by atoms with Gasteiger partial charge in [0.1, 0.15) is 5.78 Å². The van der Waals surface area contributed by atoms with E-state index in [4.69, 9.17) is 0 Å². The molecule has 1 atom stereocenters. The summed E-state index contributed by atoms with van der Waals surface area (Å²) in [6, 6.07) is 0. The summed E-state index contributed by atoms with van der Waals surface area (Å²) in [7, 11) is 0. The average Bonchev–Trinajstić information content (AvgIpc) is 2.12. The highest BCUT2D eigenvalue weighted by atomic mass is 16.1. The van der Waals surface area contributed by atoms with Crippen LogP contribution in [0.3, 0.4) is 0 Å². The van der Waals surface area contributed by atoms with E-state index < -0.39 is 0 Å². The number of carbonyl (C=O) groups excluding carboxylic acids is 1. The van der Waals surface area contributed by atoms with E-state index in [0.717, 1.165) is 19.5 Å². The molecule has 0 aromatic heterocycles. The zero-order valence-corrected chi connectivity index (χ0v) is 5.11. The van der Waals surface area contributed by atoms with Crippen molar-refractivity contribution in [3.63, 3.8) is 0 Å². The zero-order valence-electron chi connectivity index (χ0n) is 5.11. The smallest absolute Gasteiger partial charge is 0.134 e. The van der Waals surface area contributed by atoms with Crippen LogP contribution >= 0.6 is 0 Å². The first kappa shape index (κ1) is 5.76. The third-order valence-corrected chi connectivity index (χ3v) is 1.64. The van der Waals surface area contributed by atoms with Crippen molar-refractivity contribution >= 4 is 5.78 Å². The molecule has 0 aromatic rings. The van der Waals surface area contributed by atoms with Crippen molar-refractivity contribution in [3.8, 4) is 0 Å². The predicted molar refractivity (Wildman–Crippen MR) is 31.7 cm³/mol. The molecule has 1 heterocycles. The van der Waals surface area contributed by atoms with Gasteiger partial charge in [0.05, 0.1) is 0 Å². The molecule has 1 aliphatic heterocycles. The first-order valence-electron chi connectivity index (χ1n) is 3.02. The third-order valence-electron chi connectivity index (χ3n) is 1.64. The summed E-state index contributed by atoms with van der Waals surface area (Å²) in [4.78, 5) is 10.6. The molecule has 0 saturated carbocycles. The van der Waals surface area contributed by atoms with Gasteiger partial charge in [-0.3, -0.25) is 4.79 Å². The van der Waals surface area contributed by atoms with Gasteiger partial charge in [0.2, 0.25) is 0 Å². The van der Waals surface area contributed by atoms with Gasteiger partial charge in [-0.2, -0.15) is 0 Å². The molecule has 0 spiro atoms. The summed E-state index contributed by atoms with van der Waals surface area (Å²) in [6.07, 6.45) is 1.04. The highest BCUT2D eigenvalue weighted by Crippen LogP contribution is 2.06. The van der Waals surface area contributed by atoms with Crippen LogP contribution in [0.2, 0.25) is 0 Å². The molecule has 1 aliphatic rings. The number of hydrogen-bond acceptors (Lipinski definition) is 2. The molecule has 8 heavy (non-hydrogen) atoms. The second-order valence-electron chi connectivity index (χ2n) is 2.30. The minimum absolute atomic E-state index is 0.315. The SMILES string of the molecule is CC(=O)[C@@H]1CCNC1. The van der Waals surface area contributed by atoms with Gasteiger partial charge < -0.3 is 5.32 Å². The van der Waals surface area contributed by atoms with Crippen molar-refractivity contribution in [3.05, 3.63) is 0 Å². The van der Waals surface area contributed by atoms with E-state index in [2.05, 4.69) is 5.32 Å². The van der Waals surface area contributed by atoms with Gasteiger partial charge in [-0.25, -0.2) is 0 Å². The van der Waals surface area contributed by atoms with Gasteiger partial charge >= 0.3 is 0 Å². The Balaban J connectivity index is 2.35. The lowest BCUT2D eigenvalue weighted by molar-refractivity contribution is -0.120. The monoisotopic (exact) mass is 113 g/mol. The summed E-state index contributed by atoms with van der Waals surface area (Å²) in [5.41, 5.74) is 0. The molecule has 46 valence electrons. The molecule has 0 amide bonds. The van der Waals surface area contributed by atoms with Crippen LogP contribution in [-0.2, 0) is 4.79 Å². The fourth-order valence-electron chi connectivity index (χ4n) is 1.00. The second-order valence-corrected chi connectivity index (χ2v) is 2.30. The van der Waals surface area contributed by atoms with Gasteiger partial charge in [-0.15, -0.1) is 0 Å². The van der Waals surface area contributed by atoms with E-state index in [9.17, 15) is 4.79 Å². The quantitative estimate of drug-likeness (QED) is 0.525. The Morgan fingerprint density at radius 2 is 2.50 bits per heavy atom. The molecule has 1 saturated heterocycles. The van der Waals surface area contributed by atoms with Crippen LogP contribution < -0.4 is 5.32 Å². The van der Waals surface area contributed by atoms with Crippen molar-refractivity contribution in [1.29, 1.82) is 0 Å². The zero-order chi connectivity index (χ0) is 5.98. The van der Waals surface area contributed by atoms with Gasteiger partial charge in [0.15, 0.2) is 0 Å². The van der Waals surface area contributed by atoms with Crippen LogP contribution in [-0.4, -0.2) is 18.9 Å². The normalized spacial score (nSPS) is 28.4. The van der Waals surface area contributed by atoms with Gasteiger partial charge in [-0.05, 0) is 19.9 Å². The molecule has 1 N–H and O–H groups in total. The maximum absolute atomic E-state index is 10.6. The Hall–Kier alpha value is -0.370. The highest BCUT2D eigenvalue weighted by molar-refractivity contribution is 5.78. The molecule has 0 unspecified atom stereocenters. The molecule has 0 aliphatic carbocycles. The summed E-state index contributed by atoms with van der Waals surface area (Å²) in [5.74, 6) is 0.644. The minimum Gasteiger partial charge on any atom is -0.316 e. The van der Waals surface area contributed by atoms with Crippen molar-refractivity contribution < 1.29 is 4.79 Å². The van der Waals surface area contributed by atoms with Gasteiger partial charge in [-0.1, -0.05) is 0 Å². The second kappa shape index (κ2) is 2.27. The predicted octanol–water partition coefficient (Wildman–Crippen LogP) is 0.185. The molecule has 0 bridgehead atoms. The maximum Gasteiger partial charge on any atom is 0.134 e. The Morgan fingerprint density at radius 3 is 2.75 bits per heavy atom. The fourth-order valence-corrected chi connectivity index (χ4v) is 1.00. The fraction of sp³-hybridized carbons (Fsp3) is 0.833. The average molecular weight is 113 g/mol. The van der Waals surface area contributed by atoms with E-state index in [1.807, 2.05) is 0 Å². The first-order chi connectivity index (χ1) is 3.80. The van der Waals surface area contributed by atoms with Crippen molar-refractivity contribution in [1.82, 2.24) is 5.32 Å². The number of Topliss-reactive ketones (excluding diaryl/α,β-unsaturated/α-hetero) is 1. The lowest BCUT2D eigenvalue weighted by Crippen LogP contribution is -2.14. The Kier molecular flexibility index (Phi) is 1.63.